The van der Waals surface area contributed by atoms with E-state index in [0.717, 1.165) is 10.4 Å². The number of aliphatic hydroxyl groups excluding tert-OH is 6. The average Bonchev–Trinajstić information content (AvgIpc) is 3.28. The number of Topliss-reactive ketones (excluding diaryl/α,β-unsaturated/α-hetero) is 1. The first-order chi connectivity index (χ1) is 30.8. The van der Waals surface area contributed by atoms with Crippen molar-refractivity contribution in [2.24, 2.45) is 0 Å². The molecule has 0 unspecified atom stereocenters. The number of ketones is 1. The van der Waals surface area contributed by atoms with E-state index in [2.05, 4.69) is 20.8 Å². The molecule has 65 heavy (non-hydrogen) atoms. The summed E-state index contributed by atoms with van der Waals surface area (Å²) in [5, 5.41) is 66.7. The van der Waals surface area contributed by atoms with Gasteiger partial charge in [-0.05, 0) is 49.0 Å². The van der Waals surface area contributed by atoms with E-state index in [9.17, 15) is 45.0 Å². The molecule has 0 saturated carbocycles. The predicted octanol–water partition coefficient (Wildman–Crippen LogP) is 0.744. The summed E-state index contributed by atoms with van der Waals surface area (Å²) in [6, 6.07) is 19.5. The van der Waals surface area contributed by atoms with Crippen LogP contribution in [0.4, 0.5) is 0 Å². The Balaban J connectivity index is 1.63. The van der Waals surface area contributed by atoms with Gasteiger partial charge in [-0.15, -0.1) is 0 Å². The summed E-state index contributed by atoms with van der Waals surface area (Å²) >= 11 is 0. The Morgan fingerprint density at radius 2 is 1.14 bits per heavy atom. The predicted molar refractivity (Wildman–Crippen MR) is 233 cm³/mol. The van der Waals surface area contributed by atoms with Gasteiger partial charge in [0.2, 0.25) is 0 Å². The molecule has 3 aliphatic rings. The third-order valence-electron chi connectivity index (χ3n) is 12.2. The first kappa shape index (κ1) is 52.7. The Hall–Kier alpha value is -3.25. The molecule has 5 rings (SSSR count). The van der Waals surface area contributed by atoms with Crippen LogP contribution in [0.1, 0.15) is 80.1 Å². The van der Waals surface area contributed by atoms with Crippen LogP contribution in [-0.4, -0.2) is 169 Å². The van der Waals surface area contributed by atoms with Gasteiger partial charge >= 0.3 is 11.9 Å². The lowest BCUT2D eigenvalue weighted by atomic mass is 9.96. The van der Waals surface area contributed by atoms with E-state index in [0.29, 0.717) is 19.3 Å². The highest BCUT2D eigenvalue weighted by Crippen LogP contribution is 2.40. The van der Waals surface area contributed by atoms with Crippen LogP contribution in [0.3, 0.4) is 0 Å². The summed E-state index contributed by atoms with van der Waals surface area (Å²) in [6.07, 6.45) is -21.9. The maximum absolute atomic E-state index is 13.8. The largest absolute Gasteiger partial charge is 0.469 e. The van der Waals surface area contributed by atoms with Crippen molar-refractivity contribution in [2.75, 3.05) is 20.3 Å². The van der Waals surface area contributed by atoms with E-state index in [1.54, 1.807) is 0 Å². The number of esters is 2. The number of hydrogen-bond acceptors (Lipinski definition) is 18. The molecule has 0 aromatic heterocycles. The maximum Gasteiger partial charge on any atom is 0.306 e. The van der Waals surface area contributed by atoms with Crippen LogP contribution >= 0.6 is 0 Å². The van der Waals surface area contributed by atoms with Crippen LogP contribution in [-0.2, 0) is 56.7 Å². The van der Waals surface area contributed by atoms with Crippen molar-refractivity contribution in [3.05, 3.63) is 60.7 Å². The lowest BCUT2D eigenvalue weighted by Gasteiger charge is -2.50. The molecule has 6 N–H and O–H groups in total. The zero-order valence-corrected chi connectivity index (χ0v) is 39.2. The fraction of sp³-hybridized carbons (Fsp3) is 0.674. The van der Waals surface area contributed by atoms with Gasteiger partial charge in [-0.25, -0.2) is 0 Å². The fourth-order valence-electron chi connectivity index (χ4n) is 8.46. The average molecular weight is 937 g/mol. The summed E-state index contributed by atoms with van der Waals surface area (Å²) in [5.41, 5.74) is 0. The van der Waals surface area contributed by atoms with E-state index < -0.39 is 111 Å². The molecule has 3 heterocycles. The molecule has 2 aromatic carbocycles. The summed E-state index contributed by atoms with van der Waals surface area (Å²) in [4.78, 5) is 37.7. The van der Waals surface area contributed by atoms with Gasteiger partial charge in [-0.2, -0.15) is 0 Å². The number of benzene rings is 2. The fourth-order valence-corrected chi connectivity index (χ4v) is 13.0. The van der Waals surface area contributed by atoms with Crippen LogP contribution in [0.15, 0.2) is 60.7 Å². The van der Waals surface area contributed by atoms with Gasteiger partial charge in [0.1, 0.15) is 60.7 Å². The number of methoxy groups -OCH3 is 1. The standard InChI is InChI=1S/C46H68O18Si/c1-26(47)22-23-33(49)62-40-31(25-58-65(46(4,5)6,29-17-11-8-12-18-29)30-19-13-9-14-20-30)61-45(57-24-16-10-15-21-32(48)56-7)42(64-44-39(55)37(53)35(51)28(3)60-44)41(40)63-43-38(54)36(52)34(50)27(2)59-43/h8-9,11-14,17-20,27-28,31,34-45,50-55H,10,15-16,21-25H2,1-7H3/t27-,28-,31+,34+,35+,36+,37+,38-,39-,40-,41-,42+,43-,44-,45+/m0/s1. The molecular weight excluding hydrogens is 869 g/mol. The molecule has 0 amide bonds. The van der Waals surface area contributed by atoms with Gasteiger partial charge in [0, 0.05) is 19.4 Å². The van der Waals surface area contributed by atoms with Crippen LogP contribution < -0.4 is 10.4 Å². The van der Waals surface area contributed by atoms with Crippen molar-refractivity contribution in [3.63, 3.8) is 0 Å². The molecule has 19 heteroatoms. The molecule has 3 saturated heterocycles. The molecule has 0 radical (unpaired) electrons. The highest BCUT2D eigenvalue weighted by molar-refractivity contribution is 6.99. The topological polar surface area (TPSA) is 256 Å². The SMILES string of the molecule is COC(=O)CCCCCO[C@@H]1O[C@H](CO[Si](c2ccccc2)(c2ccccc2)C(C)(C)C)[C@H](OC(=O)CCC(C)=O)[C@H](O[C@@H]2O[C@@H](C)[C@@H](O)[C@@H](O)[C@@H]2O)[C@H]1O[C@@H]1O[C@@H](C)[C@@H](O)[C@@H](O)[C@@H]1O. The highest BCUT2D eigenvalue weighted by Gasteiger charge is 2.57. The van der Waals surface area contributed by atoms with Gasteiger partial charge in [0.05, 0.1) is 32.3 Å². The zero-order chi connectivity index (χ0) is 47.6. The molecule has 0 bridgehead atoms. The van der Waals surface area contributed by atoms with Crippen LogP contribution in [0, 0.1) is 0 Å². The summed E-state index contributed by atoms with van der Waals surface area (Å²) in [6.45, 7) is 10.2. The van der Waals surface area contributed by atoms with Crippen molar-refractivity contribution in [1.82, 2.24) is 0 Å². The monoisotopic (exact) mass is 936 g/mol. The first-order valence-electron chi connectivity index (χ1n) is 22.3. The molecule has 3 fully saturated rings. The van der Waals surface area contributed by atoms with E-state index in [1.807, 2.05) is 60.7 Å². The van der Waals surface area contributed by atoms with Crippen LogP contribution in [0.2, 0.25) is 5.04 Å². The van der Waals surface area contributed by atoms with Crippen molar-refractivity contribution in [1.29, 1.82) is 0 Å². The molecule has 3 aliphatic heterocycles. The van der Waals surface area contributed by atoms with E-state index in [4.69, 9.17) is 42.3 Å². The second-order valence-corrected chi connectivity index (χ2v) is 22.3. The lowest BCUT2D eigenvalue weighted by Crippen LogP contribution is -2.70. The van der Waals surface area contributed by atoms with E-state index >= 15 is 0 Å². The quantitative estimate of drug-likeness (QED) is 0.0608. The number of aliphatic hydroxyl groups is 6. The lowest BCUT2D eigenvalue weighted by molar-refractivity contribution is -0.389. The summed E-state index contributed by atoms with van der Waals surface area (Å²) in [5.74, 6) is -1.48. The van der Waals surface area contributed by atoms with Crippen molar-refractivity contribution < 1.29 is 87.3 Å². The number of unbranched alkanes of at least 4 members (excludes halogenated alkanes) is 2. The Labute approximate surface area is 381 Å². The Morgan fingerprint density at radius 3 is 1.63 bits per heavy atom. The molecule has 18 nitrogen and oxygen atoms in total. The maximum atomic E-state index is 13.8. The third kappa shape index (κ3) is 12.8. The van der Waals surface area contributed by atoms with Gasteiger partial charge in [-0.1, -0.05) is 87.9 Å². The third-order valence-corrected chi connectivity index (χ3v) is 17.2. The van der Waals surface area contributed by atoms with Gasteiger partial charge in [0.25, 0.3) is 8.32 Å². The number of ether oxygens (including phenoxy) is 8. The summed E-state index contributed by atoms with van der Waals surface area (Å²) in [7, 11) is -2.03. The van der Waals surface area contributed by atoms with Gasteiger partial charge < -0.3 is 77.8 Å². The second-order valence-electron chi connectivity index (χ2n) is 18.0. The zero-order valence-electron chi connectivity index (χ0n) is 38.2. The van der Waals surface area contributed by atoms with Gasteiger partial charge in [0.15, 0.2) is 25.0 Å². The Morgan fingerprint density at radius 1 is 0.615 bits per heavy atom. The Bertz CT molecular complexity index is 1760. The molecule has 364 valence electrons. The number of carbonyl (C=O) groups excluding carboxylic acids is 3. The molecule has 0 spiro atoms. The van der Waals surface area contributed by atoms with Crippen LogP contribution in [0.5, 0.6) is 0 Å². The van der Waals surface area contributed by atoms with Crippen molar-refractivity contribution >= 4 is 36.4 Å². The summed E-state index contributed by atoms with van der Waals surface area (Å²) < 4.78 is 56.1. The van der Waals surface area contributed by atoms with Crippen LogP contribution in [0.25, 0.3) is 0 Å². The molecule has 15 atom stereocenters. The molecule has 2 aromatic rings. The molecular formula is C46H68O18Si. The highest BCUT2D eigenvalue weighted by atomic mass is 28.4. The minimum Gasteiger partial charge on any atom is -0.469 e. The number of hydrogen-bond donors (Lipinski definition) is 6. The normalized spacial score (nSPS) is 33.3. The smallest absolute Gasteiger partial charge is 0.306 e. The molecule has 0 aliphatic carbocycles. The minimum absolute atomic E-state index is 0.0140. The van der Waals surface area contributed by atoms with Crippen molar-refractivity contribution in [2.45, 2.75) is 177 Å². The second kappa shape index (κ2) is 23.7. The number of carbonyl (C=O) groups is 3. The van der Waals surface area contributed by atoms with E-state index in [-0.39, 0.29) is 44.2 Å². The first-order valence-corrected chi connectivity index (χ1v) is 24.2. The van der Waals surface area contributed by atoms with Gasteiger partial charge in [-0.3, -0.25) is 9.59 Å². The van der Waals surface area contributed by atoms with Crippen molar-refractivity contribution in [3.8, 4) is 0 Å². The minimum atomic E-state index is -3.34. The Kier molecular flexibility index (Phi) is 19.2. The number of rotatable bonds is 20. The van der Waals surface area contributed by atoms with E-state index in [1.165, 1.54) is 27.9 Å².